The molecule has 2 aromatic carbocycles. The molecular weight excluding hydrogens is 367 g/mol. The summed E-state index contributed by atoms with van der Waals surface area (Å²) in [4.78, 5) is 14.5. The molecule has 0 spiro atoms. The van der Waals surface area contributed by atoms with Crippen LogP contribution in [0.5, 0.6) is 5.75 Å². The van der Waals surface area contributed by atoms with Gasteiger partial charge in [-0.3, -0.25) is 9.69 Å². The Morgan fingerprint density at radius 2 is 1.57 bits per heavy atom. The van der Waals surface area contributed by atoms with E-state index in [-0.39, 0.29) is 11.3 Å². The lowest BCUT2D eigenvalue weighted by molar-refractivity contribution is -0.137. The molecule has 0 heterocycles. The monoisotopic (exact) mass is 389 g/mol. The summed E-state index contributed by atoms with van der Waals surface area (Å²) >= 11 is 0. The Labute approximate surface area is 162 Å². The van der Waals surface area contributed by atoms with E-state index >= 15 is 0 Å². The van der Waals surface area contributed by atoms with Gasteiger partial charge in [0, 0.05) is 24.2 Å². The Morgan fingerprint density at radius 3 is 2.11 bits per heavy atom. The van der Waals surface area contributed by atoms with Crippen molar-refractivity contribution in [1.29, 1.82) is 0 Å². The van der Waals surface area contributed by atoms with Gasteiger partial charge in [-0.05, 0) is 43.4 Å². The van der Waals surface area contributed by atoms with Gasteiger partial charge in [0.05, 0.1) is 5.56 Å². The number of hydrogen-bond acceptors (Lipinski definition) is 3. The summed E-state index contributed by atoms with van der Waals surface area (Å²) in [6.45, 7) is 5.67. The minimum absolute atomic E-state index is 0.202. The predicted octanol–water partition coefficient (Wildman–Crippen LogP) is 4.99. The van der Waals surface area contributed by atoms with Crippen molar-refractivity contribution in [3.05, 3.63) is 90.0 Å². The number of ketones is 1. The molecule has 0 unspecified atom stereocenters. The lowest BCUT2D eigenvalue weighted by atomic mass is 10.0. The molecule has 0 aliphatic heterocycles. The highest BCUT2D eigenvalue weighted by Crippen LogP contribution is 2.29. The predicted molar refractivity (Wildman–Crippen MR) is 104 cm³/mol. The van der Waals surface area contributed by atoms with E-state index in [9.17, 15) is 18.0 Å². The molecule has 28 heavy (non-hydrogen) atoms. The van der Waals surface area contributed by atoms with Gasteiger partial charge in [-0.15, -0.1) is 6.58 Å². The van der Waals surface area contributed by atoms with Crippen molar-refractivity contribution in [2.45, 2.75) is 6.18 Å². The third-order valence-corrected chi connectivity index (χ3v) is 3.96. The number of nitrogens with zero attached hydrogens (tertiary/aromatic N) is 1. The topological polar surface area (TPSA) is 29.5 Å². The van der Waals surface area contributed by atoms with E-state index in [0.29, 0.717) is 17.9 Å². The van der Waals surface area contributed by atoms with Gasteiger partial charge in [-0.1, -0.05) is 30.4 Å². The van der Waals surface area contributed by atoms with Crippen LogP contribution in [0.15, 0.2) is 73.3 Å². The van der Waals surface area contributed by atoms with Crippen LogP contribution < -0.4 is 4.74 Å². The van der Waals surface area contributed by atoms with Crippen LogP contribution in [0.1, 0.15) is 21.5 Å². The zero-order valence-electron chi connectivity index (χ0n) is 15.6. The molecule has 2 aromatic rings. The van der Waals surface area contributed by atoms with Crippen molar-refractivity contribution in [2.24, 2.45) is 0 Å². The van der Waals surface area contributed by atoms with Crippen molar-refractivity contribution in [2.75, 3.05) is 26.7 Å². The van der Waals surface area contributed by atoms with Crippen molar-refractivity contribution in [3.8, 4) is 5.75 Å². The summed E-state index contributed by atoms with van der Waals surface area (Å²) in [6.07, 6.45) is 1.31. The largest absolute Gasteiger partial charge is 0.490 e. The second-order valence-electron chi connectivity index (χ2n) is 6.22. The van der Waals surface area contributed by atoms with Gasteiger partial charge in [-0.25, -0.2) is 0 Å². The molecule has 3 nitrogen and oxygen atoms in total. The van der Waals surface area contributed by atoms with Crippen LogP contribution in [0.4, 0.5) is 13.2 Å². The van der Waals surface area contributed by atoms with Crippen LogP contribution in [0.2, 0.25) is 0 Å². The lowest BCUT2D eigenvalue weighted by Crippen LogP contribution is -2.17. The van der Waals surface area contributed by atoms with Crippen LogP contribution in [0, 0.1) is 0 Å². The number of halogens is 3. The van der Waals surface area contributed by atoms with Gasteiger partial charge in [-0.2, -0.15) is 13.2 Å². The molecule has 0 radical (unpaired) electrons. The number of carbonyl (C=O) groups excluding carboxylic acids is 1. The first kappa shape index (κ1) is 21.4. The van der Waals surface area contributed by atoms with Crippen molar-refractivity contribution in [3.63, 3.8) is 0 Å². The third-order valence-electron chi connectivity index (χ3n) is 3.96. The number of benzene rings is 2. The second kappa shape index (κ2) is 9.90. The summed E-state index contributed by atoms with van der Waals surface area (Å²) in [5.41, 5.74) is -0.196. The Bertz CT molecular complexity index is 809. The molecule has 0 bridgehead atoms. The Kier molecular flexibility index (Phi) is 7.58. The molecular formula is C22H22F3NO2. The minimum Gasteiger partial charge on any atom is -0.490 e. The van der Waals surface area contributed by atoms with E-state index < -0.39 is 11.7 Å². The fourth-order valence-corrected chi connectivity index (χ4v) is 2.44. The number of ether oxygens (including phenoxy) is 1. The average Bonchev–Trinajstić information content (AvgIpc) is 2.67. The fourth-order valence-electron chi connectivity index (χ4n) is 2.44. The first-order valence-electron chi connectivity index (χ1n) is 8.70. The van der Waals surface area contributed by atoms with E-state index in [2.05, 4.69) is 11.5 Å². The minimum atomic E-state index is -4.42. The van der Waals surface area contributed by atoms with Gasteiger partial charge < -0.3 is 4.74 Å². The van der Waals surface area contributed by atoms with E-state index in [1.807, 2.05) is 25.3 Å². The molecule has 0 saturated carbocycles. The zero-order valence-corrected chi connectivity index (χ0v) is 15.6. The molecule has 0 N–H and O–H groups in total. The first-order valence-corrected chi connectivity index (χ1v) is 8.70. The number of likely N-dealkylation sites (N-methyl/N-ethyl adjacent to an activating group) is 1. The smallest absolute Gasteiger partial charge is 0.416 e. The quantitative estimate of drug-likeness (QED) is 0.447. The summed E-state index contributed by atoms with van der Waals surface area (Å²) in [5, 5.41) is 0. The molecule has 6 heteroatoms. The van der Waals surface area contributed by atoms with E-state index in [4.69, 9.17) is 4.74 Å². The summed E-state index contributed by atoms with van der Waals surface area (Å²) in [7, 11) is 1.99. The Hall–Kier alpha value is -2.86. The second-order valence-corrected chi connectivity index (χ2v) is 6.22. The summed E-state index contributed by atoms with van der Waals surface area (Å²) < 4.78 is 43.4. The van der Waals surface area contributed by atoms with Crippen molar-refractivity contribution in [1.82, 2.24) is 4.90 Å². The molecule has 0 saturated heterocycles. The summed E-state index contributed by atoms with van der Waals surface area (Å²) in [5.74, 6) is 0.262. The fraction of sp³-hybridized carbons (Fsp3) is 0.227. The Morgan fingerprint density at radius 1 is 1.00 bits per heavy atom. The van der Waals surface area contributed by atoms with Gasteiger partial charge in [0.2, 0.25) is 0 Å². The average molecular weight is 389 g/mol. The van der Waals surface area contributed by atoms with Gasteiger partial charge >= 0.3 is 6.18 Å². The molecule has 148 valence electrons. The van der Waals surface area contributed by atoms with Gasteiger partial charge in [0.15, 0.2) is 5.78 Å². The Balaban J connectivity index is 1.90. The molecule has 0 atom stereocenters. The van der Waals surface area contributed by atoms with Crippen LogP contribution in [-0.2, 0) is 6.18 Å². The number of hydrogen-bond donors (Lipinski definition) is 0. The maximum Gasteiger partial charge on any atom is 0.416 e. The molecule has 0 fully saturated rings. The van der Waals surface area contributed by atoms with Crippen molar-refractivity contribution < 1.29 is 22.7 Å². The standard InChI is InChI=1S/C22H22F3NO2/c1-3-14-26(2)15-4-5-16-28-20-12-8-18(9-13-20)21(27)17-6-10-19(11-7-17)22(23,24)25/h3-13H,1,14-16H2,2H3/b5-4+. The molecule has 2 rings (SSSR count). The zero-order chi connectivity index (χ0) is 20.6. The van der Waals surface area contributed by atoms with E-state index in [1.165, 1.54) is 12.1 Å². The third kappa shape index (κ3) is 6.39. The first-order chi connectivity index (χ1) is 13.3. The molecule has 0 amide bonds. The van der Waals surface area contributed by atoms with E-state index in [0.717, 1.165) is 25.2 Å². The number of alkyl halides is 3. The van der Waals surface area contributed by atoms with Crippen LogP contribution in [0.3, 0.4) is 0 Å². The van der Waals surface area contributed by atoms with E-state index in [1.54, 1.807) is 24.3 Å². The normalized spacial score (nSPS) is 11.8. The maximum absolute atomic E-state index is 12.6. The molecule has 0 aromatic heterocycles. The highest BCUT2D eigenvalue weighted by molar-refractivity contribution is 6.09. The highest BCUT2D eigenvalue weighted by atomic mass is 19.4. The summed E-state index contributed by atoms with van der Waals surface area (Å²) in [6, 6.07) is 10.7. The number of rotatable bonds is 9. The van der Waals surface area contributed by atoms with Crippen LogP contribution >= 0.6 is 0 Å². The van der Waals surface area contributed by atoms with Crippen LogP contribution in [0.25, 0.3) is 0 Å². The van der Waals surface area contributed by atoms with Crippen molar-refractivity contribution >= 4 is 5.78 Å². The lowest BCUT2D eigenvalue weighted by Gasteiger charge is -2.10. The molecule has 0 aliphatic rings. The van der Waals surface area contributed by atoms with Gasteiger partial charge in [0.25, 0.3) is 0 Å². The highest BCUT2D eigenvalue weighted by Gasteiger charge is 2.30. The maximum atomic E-state index is 12.6. The number of carbonyl (C=O) groups is 1. The SMILES string of the molecule is C=CCN(C)C/C=C/COc1ccc(C(=O)c2ccc(C(F)(F)F)cc2)cc1. The van der Waals surface area contributed by atoms with Crippen LogP contribution in [-0.4, -0.2) is 37.4 Å². The molecule has 0 aliphatic carbocycles. The van der Waals surface area contributed by atoms with Gasteiger partial charge in [0.1, 0.15) is 12.4 Å².